The average Bonchev–Trinajstić information content (AvgIpc) is 2.37. The number of aromatic nitrogens is 2. The maximum Gasteiger partial charge on any atom is 0.177 e. The Hall–Kier alpha value is -1.57. The van der Waals surface area contributed by atoms with Crippen LogP contribution in [0.3, 0.4) is 0 Å². The molecule has 20 heavy (non-hydrogen) atoms. The van der Waals surface area contributed by atoms with E-state index in [4.69, 9.17) is 36.7 Å². The molecule has 2 heterocycles. The van der Waals surface area contributed by atoms with Gasteiger partial charge < -0.3 is 20.6 Å². The van der Waals surface area contributed by atoms with Crippen LogP contribution in [0.1, 0.15) is 22.7 Å². The van der Waals surface area contributed by atoms with Gasteiger partial charge in [0, 0.05) is 0 Å². The van der Waals surface area contributed by atoms with E-state index in [1.165, 1.54) is 5.56 Å². The van der Waals surface area contributed by atoms with E-state index in [9.17, 15) is 0 Å². The van der Waals surface area contributed by atoms with Gasteiger partial charge in [-0.3, -0.25) is 0 Å². The van der Waals surface area contributed by atoms with Gasteiger partial charge >= 0.3 is 0 Å². The molecule has 1 aromatic carbocycles. The molecule has 1 aromatic heterocycles. The number of hydrogen-bond donors (Lipinski definition) is 4. The minimum Gasteiger partial charge on any atom is -0.351 e. The first kappa shape index (κ1) is 13.4. The van der Waals surface area contributed by atoms with Crippen molar-refractivity contribution in [3.05, 3.63) is 50.4 Å². The molecule has 4 nitrogen and oxygen atoms in total. The summed E-state index contributed by atoms with van der Waals surface area (Å²) in [4.78, 5) is 6.04. The lowest BCUT2D eigenvalue weighted by molar-refractivity contribution is 0.740. The Kier molecular flexibility index (Phi) is 3.41. The molecule has 0 saturated heterocycles. The fraction of sp³-hybridized carbons (Fsp3) is 0.154. The molecule has 7 heteroatoms. The summed E-state index contributed by atoms with van der Waals surface area (Å²) in [5.41, 5.74) is 3.24. The number of anilines is 1. The molecule has 0 saturated carbocycles. The van der Waals surface area contributed by atoms with Gasteiger partial charge in [0.2, 0.25) is 0 Å². The van der Waals surface area contributed by atoms with Gasteiger partial charge in [-0.2, -0.15) is 0 Å². The number of aromatic amines is 2. The highest BCUT2D eigenvalue weighted by atomic mass is 32.1. The summed E-state index contributed by atoms with van der Waals surface area (Å²) in [6.45, 7) is 2.06. The molecule has 0 radical (unpaired) electrons. The Bertz CT molecular complexity index is 788. The number of benzene rings is 1. The van der Waals surface area contributed by atoms with Crippen LogP contribution < -0.4 is 10.6 Å². The maximum absolute atomic E-state index is 5.40. The first-order valence-electron chi connectivity index (χ1n) is 6.05. The van der Waals surface area contributed by atoms with Crippen molar-refractivity contribution in [2.45, 2.75) is 13.0 Å². The molecule has 2 aromatic rings. The Labute approximate surface area is 131 Å². The van der Waals surface area contributed by atoms with E-state index in [1.54, 1.807) is 0 Å². The second-order valence-electron chi connectivity index (χ2n) is 4.64. The van der Waals surface area contributed by atoms with E-state index in [0.29, 0.717) is 14.5 Å². The quantitative estimate of drug-likeness (QED) is 0.606. The Morgan fingerprint density at radius 1 is 1.00 bits per heavy atom. The second kappa shape index (κ2) is 5.08. The smallest absolute Gasteiger partial charge is 0.177 e. The Balaban J connectivity index is 2.19. The van der Waals surface area contributed by atoms with Crippen molar-refractivity contribution in [3.8, 4) is 0 Å². The summed E-state index contributed by atoms with van der Waals surface area (Å²) in [5, 5.41) is 6.86. The number of thiocarbonyl (C=S) groups is 1. The molecule has 1 aliphatic heterocycles. The summed E-state index contributed by atoms with van der Waals surface area (Å²) in [5.74, 6) is 0.757. The van der Waals surface area contributed by atoms with Crippen LogP contribution in [-0.4, -0.2) is 15.1 Å². The topological polar surface area (TPSA) is 55.6 Å². The summed E-state index contributed by atoms with van der Waals surface area (Å²) < 4.78 is 1.09. The van der Waals surface area contributed by atoms with Crippen LogP contribution >= 0.6 is 36.7 Å². The van der Waals surface area contributed by atoms with Crippen molar-refractivity contribution in [3.63, 3.8) is 0 Å². The van der Waals surface area contributed by atoms with Gasteiger partial charge in [0.05, 0.1) is 11.6 Å². The second-order valence-corrected chi connectivity index (χ2v) is 5.86. The fourth-order valence-corrected chi connectivity index (χ4v) is 3.04. The lowest BCUT2D eigenvalue weighted by Crippen LogP contribution is -2.39. The molecule has 0 fully saturated rings. The van der Waals surface area contributed by atoms with Gasteiger partial charge in [-0.1, -0.05) is 42.0 Å². The van der Waals surface area contributed by atoms with Crippen LogP contribution in [0.4, 0.5) is 5.82 Å². The summed E-state index contributed by atoms with van der Waals surface area (Å²) in [7, 11) is 0. The number of hydrogen-bond acceptors (Lipinski definition) is 3. The Morgan fingerprint density at radius 2 is 1.70 bits per heavy atom. The van der Waals surface area contributed by atoms with Gasteiger partial charge in [0.1, 0.15) is 10.5 Å². The lowest BCUT2D eigenvalue weighted by atomic mass is 9.98. The summed E-state index contributed by atoms with van der Waals surface area (Å²) >= 11 is 15.8. The minimum atomic E-state index is -0.0880. The number of aryl methyl sites for hydroxylation is 1. The molecule has 3 rings (SSSR count). The third-order valence-electron chi connectivity index (χ3n) is 3.19. The van der Waals surface area contributed by atoms with Gasteiger partial charge in [0.25, 0.3) is 0 Å². The van der Waals surface area contributed by atoms with E-state index in [0.717, 1.165) is 16.9 Å². The third-order valence-corrected chi connectivity index (χ3v) is 3.94. The van der Waals surface area contributed by atoms with E-state index >= 15 is 0 Å². The van der Waals surface area contributed by atoms with Crippen LogP contribution in [0.2, 0.25) is 0 Å². The van der Waals surface area contributed by atoms with Crippen LogP contribution in [0, 0.1) is 16.3 Å². The average molecular weight is 320 g/mol. The number of fused-ring (bicyclic) bond motifs is 1. The number of H-pyrrole nitrogens is 2. The zero-order valence-electron chi connectivity index (χ0n) is 10.6. The molecule has 0 amide bonds. The maximum atomic E-state index is 5.40. The molecule has 1 aliphatic rings. The normalized spacial score (nSPS) is 17.1. The lowest BCUT2D eigenvalue weighted by Gasteiger charge is -2.29. The Morgan fingerprint density at radius 3 is 2.40 bits per heavy atom. The van der Waals surface area contributed by atoms with Gasteiger partial charge in [0.15, 0.2) is 9.88 Å². The zero-order chi connectivity index (χ0) is 14.3. The first-order valence-corrected chi connectivity index (χ1v) is 7.27. The third kappa shape index (κ3) is 2.39. The largest absolute Gasteiger partial charge is 0.351 e. The predicted molar refractivity (Wildman–Crippen MR) is 89.2 cm³/mol. The standard InChI is InChI=1S/C13H12N4S3/c1-6-2-4-7(5-3-6)9-8-10(15-12(19)14-9)16-13(20)17-11(8)18/h2-5,9H,1H3,(H4,14,15,16,17,18,19,20). The summed E-state index contributed by atoms with van der Waals surface area (Å²) in [6.07, 6.45) is 0. The first-order chi connectivity index (χ1) is 9.54. The monoisotopic (exact) mass is 320 g/mol. The highest BCUT2D eigenvalue weighted by molar-refractivity contribution is 7.80. The highest BCUT2D eigenvalue weighted by Gasteiger charge is 2.25. The van der Waals surface area contributed by atoms with E-state index in [2.05, 4.69) is 51.8 Å². The van der Waals surface area contributed by atoms with Crippen LogP contribution in [0.25, 0.3) is 0 Å². The van der Waals surface area contributed by atoms with Crippen molar-refractivity contribution in [1.29, 1.82) is 0 Å². The van der Waals surface area contributed by atoms with Gasteiger partial charge in [-0.05, 0) is 36.9 Å². The molecular weight excluding hydrogens is 308 g/mol. The molecule has 0 bridgehead atoms. The van der Waals surface area contributed by atoms with E-state index in [1.807, 2.05) is 0 Å². The number of rotatable bonds is 1. The van der Waals surface area contributed by atoms with Crippen molar-refractivity contribution < 1.29 is 0 Å². The van der Waals surface area contributed by atoms with Gasteiger partial charge in [-0.15, -0.1) is 0 Å². The van der Waals surface area contributed by atoms with Crippen LogP contribution in [0.15, 0.2) is 24.3 Å². The molecular formula is C13H12N4S3. The highest BCUT2D eigenvalue weighted by Crippen LogP contribution is 2.30. The van der Waals surface area contributed by atoms with Crippen LogP contribution in [0.5, 0.6) is 0 Å². The molecule has 0 aliphatic carbocycles. The zero-order valence-corrected chi connectivity index (χ0v) is 13.1. The molecule has 4 N–H and O–H groups in total. The van der Waals surface area contributed by atoms with Crippen molar-refractivity contribution in [2.75, 3.05) is 5.32 Å². The van der Waals surface area contributed by atoms with E-state index < -0.39 is 0 Å². The molecule has 1 atom stereocenters. The van der Waals surface area contributed by atoms with Gasteiger partial charge in [-0.25, -0.2) is 0 Å². The minimum absolute atomic E-state index is 0.0880. The van der Waals surface area contributed by atoms with E-state index in [-0.39, 0.29) is 6.04 Å². The molecule has 102 valence electrons. The van der Waals surface area contributed by atoms with Crippen molar-refractivity contribution >= 4 is 47.6 Å². The van der Waals surface area contributed by atoms with Crippen LogP contribution in [-0.2, 0) is 0 Å². The fourth-order valence-electron chi connectivity index (χ4n) is 2.23. The predicted octanol–water partition coefficient (Wildman–Crippen LogP) is 3.50. The van der Waals surface area contributed by atoms with Crippen molar-refractivity contribution in [2.24, 2.45) is 0 Å². The molecule has 1 unspecified atom stereocenters. The number of nitrogens with one attached hydrogen (secondary N) is 4. The van der Waals surface area contributed by atoms with Crippen molar-refractivity contribution in [1.82, 2.24) is 15.3 Å². The summed E-state index contributed by atoms with van der Waals surface area (Å²) in [6, 6.07) is 8.19. The SMILES string of the molecule is Cc1ccc(C2NC(=S)Nc3[nH]c(=S)[nH]c(=S)c32)cc1. The molecule has 0 spiro atoms.